The second-order valence-corrected chi connectivity index (χ2v) is 24.0. The van der Waals surface area contributed by atoms with Crippen molar-refractivity contribution in [2.24, 2.45) is 0 Å². The molecule has 0 aliphatic carbocycles. The number of nitrogens with zero attached hydrogens (tertiary/aromatic N) is 12. The van der Waals surface area contributed by atoms with E-state index in [0.717, 1.165) is 68.1 Å². The van der Waals surface area contributed by atoms with Crippen molar-refractivity contribution in [3.63, 3.8) is 0 Å². The smallest absolute Gasteiger partial charge is 0.290 e. The summed E-state index contributed by atoms with van der Waals surface area (Å²) < 4.78 is 0. The molecule has 0 saturated carbocycles. The molecule has 3 aliphatic rings. The van der Waals surface area contributed by atoms with Gasteiger partial charge in [0.25, 0.3) is 11.6 Å². The third-order valence-corrected chi connectivity index (χ3v) is 14.9. The van der Waals surface area contributed by atoms with Crippen LogP contribution in [0.3, 0.4) is 0 Å². The Labute approximate surface area is 555 Å². The zero-order valence-corrected chi connectivity index (χ0v) is 57.9. The zero-order valence-electron chi connectivity index (χ0n) is 50.7. The van der Waals surface area contributed by atoms with Gasteiger partial charge in [-0.1, -0.05) is 157 Å². The topological polar surface area (TPSA) is 71.2 Å². The summed E-state index contributed by atoms with van der Waals surface area (Å²) in [6.07, 6.45) is 1.51. The van der Waals surface area contributed by atoms with Crippen LogP contribution >= 0.6 is 0 Å². The summed E-state index contributed by atoms with van der Waals surface area (Å²) in [5.74, 6) is 2.77. The maximum Gasteiger partial charge on any atom is 0.290 e. The van der Waals surface area contributed by atoms with Gasteiger partial charge in [0.1, 0.15) is 0 Å². The number of hydrogen-bond acceptors (Lipinski definition) is 9. The van der Waals surface area contributed by atoms with Crippen LogP contribution in [-0.4, -0.2) is 15.0 Å². The van der Waals surface area contributed by atoms with Crippen LogP contribution in [0.25, 0.3) is 14.5 Å². The number of hydrogen-bond donors (Lipinski definition) is 0. The van der Waals surface area contributed by atoms with E-state index in [-0.39, 0.29) is 82.4 Å². The van der Waals surface area contributed by atoms with Crippen molar-refractivity contribution in [1.82, 2.24) is 15.0 Å². The third-order valence-electron chi connectivity index (χ3n) is 14.9. The molecule has 2 aromatic heterocycles. The molecule has 0 bridgehead atoms. The van der Waals surface area contributed by atoms with Crippen LogP contribution in [0.2, 0.25) is 0 Å². The van der Waals surface area contributed by atoms with E-state index in [1.54, 1.807) is 6.07 Å². The molecule has 3 radical (unpaired) electrons. The minimum Gasteiger partial charge on any atom is -0.494 e. The van der Waals surface area contributed by atoms with E-state index < -0.39 is 0 Å². The molecule has 12 nitrogen and oxygen atoms in total. The molecule has 0 unspecified atom stereocenters. The first-order valence-corrected chi connectivity index (χ1v) is 27.8. The van der Waals surface area contributed by atoms with Gasteiger partial charge in [-0.25, -0.2) is 9.83 Å². The molecule has 12 rings (SSSR count). The van der Waals surface area contributed by atoms with Crippen LogP contribution in [0.1, 0.15) is 95.7 Å². The summed E-state index contributed by atoms with van der Waals surface area (Å²) in [6.45, 7) is 54.1. The van der Waals surface area contributed by atoms with E-state index in [1.807, 2.05) is 107 Å². The van der Waals surface area contributed by atoms with E-state index in [2.05, 4.69) is 225 Å². The molecule has 5 heterocycles. The predicted molar refractivity (Wildman–Crippen MR) is 343 cm³/mol. The zero-order chi connectivity index (χ0) is 59.7. The first kappa shape index (κ1) is 66.5. The Morgan fingerprint density at radius 1 is 0.379 bits per heavy atom. The Bertz CT molecular complexity index is 3600. The van der Waals surface area contributed by atoms with E-state index in [4.69, 9.17) is 19.7 Å². The molecular weight excluding hydrogens is 1610 g/mol. The second-order valence-electron chi connectivity index (χ2n) is 24.0. The van der Waals surface area contributed by atoms with Crippen LogP contribution in [0.5, 0.6) is 0 Å². The van der Waals surface area contributed by atoms with Crippen LogP contribution in [-0.2, 0) is 76.6 Å². The van der Waals surface area contributed by atoms with Gasteiger partial charge in [-0.2, -0.15) is 71.3 Å². The number of benzene rings is 7. The first-order chi connectivity index (χ1) is 40.1. The molecule has 3 aliphatic heterocycles. The van der Waals surface area contributed by atoms with E-state index in [1.165, 1.54) is 28.5 Å². The fourth-order valence-corrected chi connectivity index (χ4v) is 9.99. The van der Waals surface area contributed by atoms with Crippen LogP contribution in [0.15, 0.2) is 164 Å². The van der Waals surface area contributed by atoms with Gasteiger partial charge in [-0.05, 0) is 79.9 Å². The van der Waals surface area contributed by atoms with Crippen LogP contribution < -0.4 is 29.4 Å². The van der Waals surface area contributed by atoms with Crippen molar-refractivity contribution in [3.05, 3.63) is 270 Å². The van der Waals surface area contributed by atoms with Crippen LogP contribution in [0, 0.1) is 78.7 Å². The third kappa shape index (κ3) is 14.2. The fourth-order valence-electron chi connectivity index (χ4n) is 9.99. The predicted octanol–water partition coefficient (Wildman–Crippen LogP) is 19.3. The number of pyridine rings is 1. The van der Waals surface area contributed by atoms with Gasteiger partial charge in [-0.3, -0.25) is 0 Å². The molecule has 0 spiro atoms. The summed E-state index contributed by atoms with van der Waals surface area (Å²) >= 11 is 0. The van der Waals surface area contributed by atoms with Gasteiger partial charge in [0.15, 0.2) is 11.5 Å². The molecule has 9 aromatic rings. The standard InChI is InChI=1S/C25H23N3.C24H22N4.C23H21N5.3Ir/c1-18-8-6-7-9-22(18)28-17-27(23-15-12-20(26-5)16-24(23)28)21-13-10-19(11-14-21)25(2,3)4;1-17-8-6-7-9-20(17)28-16-27(21-14-15-22(25-5)26-23(21)28)19-12-10-18(11-13-19)24(2,3)4;1-16-8-6-7-9-19(16)28-15-27(21-22(28)26-20(24-5)14-25-21)18-12-10-17(11-13-18)23(2,3)4;;;/h6-13,15-17H,1-4H3;6-12,14-16H,1-4H3;6-12,14-15H,1-4H3;;;/q3*-2;;;. The quantitative estimate of drug-likeness (QED) is 0.151. The minimum absolute atomic E-state index is 0. The minimum atomic E-state index is 0. The Hall–Kier alpha value is -8.01. The van der Waals surface area contributed by atoms with Gasteiger partial charge >= 0.3 is 0 Å². The average molecular weight is 1680 g/mol. The molecule has 7 aromatic carbocycles. The van der Waals surface area contributed by atoms with Gasteiger partial charge < -0.3 is 39.1 Å². The van der Waals surface area contributed by atoms with Crippen molar-refractivity contribution in [2.45, 2.75) is 99.3 Å². The summed E-state index contributed by atoms with van der Waals surface area (Å²) in [5.41, 5.74) is 17.1. The molecule has 447 valence electrons. The Morgan fingerprint density at radius 3 is 1.22 bits per heavy atom. The van der Waals surface area contributed by atoms with Gasteiger partial charge in [-0.15, -0.1) is 60.3 Å². The molecule has 0 fully saturated rings. The number of aromatic nitrogens is 3. The maximum absolute atomic E-state index is 7.39. The maximum atomic E-state index is 7.39. The molecule has 87 heavy (non-hydrogen) atoms. The summed E-state index contributed by atoms with van der Waals surface area (Å²) in [4.78, 5) is 36.6. The van der Waals surface area contributed by atoms with E-state index >= 15 is 0 Å². The fraction of sp³-hybridized carbons (Fsp3) is 0.208. The molecule has 0 amide bonds. The second kappa shape index (κ2) is 27.4. The molecule has 0 atom stereocenters. The molecular formula is C72H66Ir3N12-6. The van der Waals surface area contributed by atoms with Gasteiger partial charge in [0.05, 0.1) is 18.5 Å². The largest absolute Gasteiger partial charge is 0.494 e. The summed E-state index contributed by atoms with van der Waals surface area (Å²) in [5, 5.41) is 0. The van der Waals surface area contributed by atoms with E-state index in [0.29, 0.717) is 23.1 Å². The van der Waals surface area contributed by atoms with Crippen molar-refractivity contribution in [2.75, 3.05) is 29.4 Å². The van der Waals surface area contributed by atoms with Crippen molar-refractivity contribution in [1.29, 1.82) is 0 Å². The number of rotatable bonds is 6. The monoisotopic (exact) mass is 1680 g/mol. The first-order valence-electron chi connectivity index (χ1n) is 27.8. The van der Waals surface area contributed by atoms with Crippen molar-refractivity contribution < 1.29 is 60.3 Å². The number of fused-ring (bicyclic) bond motifs is 3. The van der Waals surface area contributed by atoms with Crippen molar-refractivity contribution in [3.8, 4) is 0 Å². The Morgan fingerprint density at radius 2 is 0.782 bits per heavy atom. The SMILES string of the molecule is [C-]#[N+]c1ccc2c(c1)N(c1ccccc1C)[CH-]N2c1[c-]cc(C(C)(C)C)cc1.[C-]#[N+]c1ccc2c(n1)N(c1ccccc1C)[CH-]N2c1[c-]cc(C(C)(C)C)cc1.[C-]#[N+]c1cnc2c(n1)N(c1ccccc1C)[CH-]N2c1[c-]cc(C(C)(C)C)cc1.[Ir].[Ir].[Ir]. The normalized spacial score (nSPS) is 12.9. The Balaban J connectivity index is 0.000000183. The number of aryl methyl sites for hydroxylation is 3. The average Bonchev–Trinajstić information content (AvgIpc) is 2.86. The van der Waals surface area contributed by atoms with Crippen molar-refractivity contribution >= 4 is 86.0 Å². The van der Waals surface area contributed by atoms with Gasteiger partial charge in [0.2, 0.25) is 11.6 Å². The molecule has 0 saturated heterocycles. The number of para-hydroxylation sites is 3. The van der Waals surface area contributed by atoms with Gasteiger partial charge in [0, 0.05) is 88.8 Å². The van der Waals surface area contributed by atoms with E-state index in [9.17, 15) is 0 Å². The molecule has 0 N–H and O–H groups in total. The molecule has 15 heteroatoms. The van der Waals surface area contributed by atoms with Crippen LogP contribution in [0.4, 0.5) is 86.0 Å². The summed E-state index contributed by atoms with van der Waals surface area (Å²) in [7, 11) is 0. The Kier molecular flexibility index (Phi) is 20.9. The number of anilines is 12. The summed E-state index contributed by atoms with van der Waals surface area (Å²) in [6, 6.07) is 63.2.